The molecular formula is C9H19NO2. The van der Waals surface area contributed by atoms with Crippen molar-refractivity contribution >= 4 is 5.78 Å². The normalized spacial score (nSPS) is 13.9. The second-order valence-electron chi connectivity index (χ2n) is 3.60. The van der Waals surface area contributed by atoms with E-state index in [-0.39, 0.29) is 30.5 Å². The maximum atomic E-state index is 11.2. The third kappa shape index (κ3) is 4.46. The molecule has 0 saturated heterocycles. The molecule has 0 unspecified atom stereocenters. The number of hydrogen-bond acceptors (Lipinski definition) is 3. The predicted octanol–water partition coefficient (Wildman–Crippen LogP) is 0.964. The number of carbonyl (C=O) groups is 1. The minimum atomic E-state index is -0.385. The lowest BCUT2D eigenvalue weighted by molar-refractivity contribution is -0.127. The monoisotopic (exact) mass is 173 g/mol. The highest BCUT2D eigenvalue weighted by atomic mass is 16.5. The Kier molecular flexibility index (Phi) is 5.09. The predicted molar refractivity (Wildman–Crippen MR) is 48.9 cm³/mol. The van der Waals surface area contributed by atoms with Crippen LogP contribution in [-0.4, -0.2) is 24.5 Å². The van der Waals surface area contributed by atoms with Crippen molar-refractivity contribution in [1.29, 1.82) is 0 Å². The maximum Gasteiger partial charge on any atom is 0.175 e. The zero-order valence-corrected chi connectivity index (χ0v) is 8.33. The summed E-state index contributed by atoms with van der Waals surface area (Å²) in [7, 11) is 0. The standard InChI is InChI=1S/C9H19NO2/c1-6(2)9(10)8(11)5-12-7(3)4/h6-7,9H,5,10H2,1-4H3/t9-/m0/s1. The average molecular weight is 173 g/mol. The van der Waals surface area contributed by atoms with Gasteiger partial charge in [-0.15, -0.1) is 0 Å². The summed E-state index contributed by atoms with van der Waals surface area (Å²) in [5, 5.41) is 0. The van der Waals surface area contributed by atoms with Crippen LogP contribution in [0, 0.1) is 5.92 Å². The second kappa shape index (κ2) is 5.27. The van der Waals surface area contributed by atoms with Gasteiger partial charge >= 0.3 is 0 Å². The summed E-state index contributed by atoms with van der Waals surface area (Å²) in [5.74, 6) is 0.173. The van der Waals surface area contributed by atoms with E-state index in [9.17, 15) is 4.79 Å². The first-order valence-electron chi connectivity index (χ1n) is 4.35. The highest BCUT2D eigenvalue weighted by Gasteiger charge is 2.17. The first-order chi connectivity index (χ1) is 5.45. The first kappa shape index (κ1) is 11.6. The molecule has 0 fully saturated rings. The molecule has 0 radical (unpaired) electrons. The van der Waals surface area contributed by atoms with Crippen molar-refractivity contribution in [3.63, 3.8) is 0 Å². The second-order valence-corrected chi connectivity index (χ2v) is 3.60. The van der Waals surface area contributed by atoms with Gasteiger partial charge in [0.05, 0.1) is 12.1 Å². The summed E-state index contributed by atoms with van der Waals surface area (Å²) < 4.78 is 5.15. The van der Waals surface area contributed by atoms with Crippen molar-refractivity contribution in [2.24, 2.45) is 11.7 Å². The molecule has 1 atom stereocenters. The van der Waals surface area contributed by atoms with E-state index in [4.69, 9.17) is 10.5 Å². The molecule has 0 spiro atoms. The van der Waals surface area contributed by atoms with Crippen LogP contribution in [0.5, 0.6) is 0 Å². The van der Waals surface area contributed by atoms with Crippen LogP contribution in [0.4, 0.5) is 0 Å². The number of carbonyl (C=O) groups excluding carboxylic acids is 1. The van der Waals surface area contributed by atoms with Crippen molar-refractivity contribution in [3.8, 4) is 0 Å². The lowest BCUT2D eigenvalue weighted by Gasteiger charge is -2.15. The molecule has 0 saturated carbocycles. The van der Waals surface area contributed by atoms with Gasteiger partial charge in [0.25, 0.3) is 0 Å². The molecule has 0 amide bonds. The Balaban J connectivity index is 3.72. The molecule has 0 aliphatic carbocycles. The third-order valence-electron chi connectivity index (χ3n) is 1.65. The van der Waals surface area contributed by atoms with Crippen LogP contribution in [0.25, 0.3) is 0 Å². The Morgan fingerprint density at radius 3 is 2.17 bits per heavy atom. The van der Waals surface area contributed by atoms with E-state index in [0.717, 1.165) is 0 Å². The van der Waals surface area contributed by atoms with E-state index in [1.165, 1.54) is 0 Å². The maximum absolute atomic E-state index is 11.2. The van der Waals surface area contributed by atoms with Crippen LogP contribution in [0.1, 0.15) is 27.7 Å². The molecule has 0 aliphatic heterocycles. The number of hydrogen-bond donors (Lipinski definition) is 1. The molecule has 2 N–H and O–H groups in total. The fourth-order valence-electron chi connectivity index (χ4n) is 0.717. The summed E-state index contributed by atoms with van der Waals surface area (Å²) >= 11 is 0. The van der Waals surface area contributed by atoms with Crippen molar-refractivity contribution in [3.05, 3.63) is 0 Å². The Bertz CT molecular complexity index is 143. The lowest BCUT2D eigenvalue weighted by Crippen LogP contribution is -2.38. The molecule has 0 aromatic heterocycles. The smallest absolute Gasteiger partial charge is 0.175 e. The van der Waals surface area contributed by atoms with Gasteiger partial charge in [-0.1, -0.05) is 13.8 Å². The van der Waals surface area contributed by atoms with Gasteiger partial charge in [0, 0.05) is 0 Å². The van der Waals surface area contributed by atoms with Crippen molar-refractivity contribution in [2.45, 2.75) is 39.8 Å². The molecule has 0 aromatic rings. The summed E-state index contributed by atoms with van der Waals surface area (Å²) in [5.41, 5.74) is 5.62. The van der Waals surface area contributed by atoms with E-state index in [1.807, 2.05) is 27.7 Å². The van der Waals surface area contributed by atoms with Crippen molar-refractivity contribution in [2.75, 3.05) is 6.61 Å². The van der Waals surface area contributed by atoms with Crippen LogP contribution in [0.15, 0.2) is 0 Å². The van der Waals surface area contributed by atoms with Crippen LogP contribution in [0.2, 0.25) is 0 Å². The number of Topliss-reactive ketones (excluding diaryl/α,β-unsaturated/α-hetero) is 1. The number of nitrogens with two attached hydrogens (primary N) is 1. The molecule has 12 heavy (non-hydrogen) atoms. The number of ketones is 1. The molecule has 0 bridgehead atoms. The third-order valence-corrected chi connectivity index (χ3v) is 1.65. The van der Waals surface area contributed by atoms with Gasteiger partial charge in [-0.25, -0.2) is 0 Å². The fraction of sp³-hybridized carbons (Fsp3) is 0.889. The van der Waals surface area contributed by atoms with E-state index in [2.05, 4.69) is 0 Å². The Hall–Kier alpha value is -0.410. The zero-order valence-electron chi connectivity index (χ0n) is 8.33. The largest absolute Gasteiger partial charge is 0.371 e. The van der Waals surface area contributed by atoms with Gasteiger partial charge in [0.1, 0.15) is 6.61 Å². The number of rotatable bonds is 5. The summed E-state index contributed by atoms with van der Waals surface area (Å²) in [6, 6.07) is -0.385. The minimum Gasteiger partial charge on any atom is -0.371 e. The van der Waals surface area contributed by atoms with E-state index in [1.54, 1.807) is 0 Å². The molecule has 3 nitrogen and oxygen atoms in total. The summed E-state index contributed by atoms with van der Waals surface area (Å²) in [4.78, 5) is 11.2. The van der Waals surface area contributed by atoms with E-state index >= 15 is 0 Å². The number of ether oxygens (including phenoxy) is 1. The molecule has 0 rings (SSSR count). The molecule has 0 heterocycles. The van der Waals surface area contributed by atoms with Crippen LogP contribution in [-0.2, 0) is 9.53 Å². The molecule has 3 heteroatoms. The van der Waals surface area contributed by atoms with Gasteiger partial charge in [-0.3, -0.25) is 4.79 Å². The van der Waals surface area contributed by atoms with Crippen molar-refractivity contribution < 1.29 is 9.53 Å². The van der Waals surface area contributed by atoms with Crippen LogP contribution < -0.4 is 5.73 Å². The van der Waals surface area contributed by atoms with Crippen molar-refractivity contribution in [1.82, 2.24) is 0 Å². The molecular weight excluding hydrogens is 154 g/mol. The van der Waals surface area contributed by atoms with Gasteiger partial charge < -0.3 is 10.5 Å². The van der Waals surface area contributed by atoms with Crippen LogP contribution >= 0.6 is 0 Å². The Labute approximate surface area is 74.3 Å². The Morgan fingerprint density at radius 1 is 1.33 bits per heavy atom. The lowest BCUT2D eigenvalue weighted by atomic mass is 10.0. The Morgan fingerprint density at radius 2 is 1.83 bits per heavy atom. The van der Waals surface area contributed by atoms with E-state index < -0.39 is 0 Å². The molecule has 0 aliphatic rings. The molecule has 0 aromatic carbocycles. The quantitative estimate of drug-likeness (QED) is 0.673. The topological polar surface area (TPSA) is 52.3 Å². The molecule has 72 valence electrons. The van der Waals surface area contributed by atoms with Gasteiger partial charge in [-0.2, -0.15) is 0 Å². The highest BCUT2D eigenvalue weighted by molar-refractivity contribution is 5.85. The zero-order chi connectivity index (χ0) is 9.72. The van der Waals surface area contributed by atoms with E-state index in [0.29, 0.717) is 0 Å². The SMILES string of the molecule is CC(C)OCC(=O)[C@@H](N)C(C)C. The highest BCUT2D eigenvalue weighted by Crippen LogP contribution is 2.00. The summed E-state index contributed by atoms with van der Waals surface area (Å²) in [6.07, 6.45) is 0.0910. The van der Waals surface area contributed by atoms with Crippen LogP contribution in [0.3, 0.4) is 0 Å². The van der Waals surface area contributed by atoms with Gasteiger partial charge in [0.2, 0.25) is 0 Å². The average Bonchev–Trinajstić information content (AvgIpc) is 1.98. The summed E-state index contributed by atoms with van der Waals surface area (Å²) in [6.45, 7) is 7.79. The van der Waals surface area contributed by atoms with Gasteiger partial charge in [0.15, 0.2) is 5.78 Å². The van der Waals surface area contributed by atoms with Gasteiger partial charge in [-0.05, 0) is 19.8 Å². The fourth-order valence-corrected chi connectivity index (χ4v) is 0.717. The first-order valence-corrected chi connectivity index (χ1v) is 4.35. The minimum absolute atomic E-state index is 0.0151.